The fraction of sp³-hybridized carbons (Fsp3) is 0.450. The van der Waals surface area contributed by atoms with Gasteiger partial charge in [0, 0.05) is 56.1 Å². The lowest BCUT2D eigenvalue weighted by Crippen LogP contribution is -2.55. The SMILES string of the molecule is Cc1cc(Cl)nc2c1CN(C(=O)C(F)C1CN(c3ccnc(C(F)(F)F)c3)C1)CC2. The van der Waals surface area contributed by atoms with Crippen LogP contribution in [0.4, 0.5) is 23.2 Å². The summed E-state index contributed by atoms with van der Waals surface area (Å²) in [5, 5.41) is 0.397. The fourth-order valence-electron chi connectivity index (χ4n) is 3.90. The van der Waals surface area contributed by atoms with Crippen molar-refractivity contribution in [3.63, 3.8) is 0 Å². The molecule has 2 aromatic heterocycles. The van der Waals surface area contributed by atoms with Crippen molar-refractivity contribution in [2.24, 2.45) is 5.92 Å². The number of carbonyl (C=O) groups excluding carboxylic acids is 1. The number of amides is 1. The molecule has 5 nitrogen and oxygen atoms in total. The van der Waals surface area contributed by atoms with Crippen molar-refractivity contribution < 1.29 is 22.4 Å². The normalized spacial score (nSPS) is 18.1. The maximum atomic E-state index is 14.9. The van der Waals surface area contributed by atoms with Crippen LogP contribution >= 0.6 is 11.6 Å². The smallest absolute Gasteiger partial charge is 0.370 e. The molecule has 0 aromatic carbocycles. The maximum absolute atomic E-state index is 14.9. The molecule has 0 saturated carbocycles. The molecule has 160 valence electrons. The van der Waals surface area contributed by atoms with E-state index >= 15 is 0 Å². The topological polar surface area (TPSA) is 49.3 Å². The first-order valence-electron chi connectivity index (χ1n) is 9.49. The first-order chi connectivity index (χ1) is 14.1. The third kappa shape index (κ3) is 3.95. The number of fused-ring (bicyclic) bond motifs is 1. The van der Waals surface area contributed by atoms with Crippen molar-refractivity contribution >= 4 is 23.2 Å². The minimum atomic E-state index is -4.54. The Morgan fingerprint density at radius 2 is 2.03 bits per heavy atom. The zero-order chi connectivity index (χ0) is 21.6. The Morgan fingerprint density at radius 1 is 1.30 bits per heavy atom. The van der Waals surface area contributed by atoms with E-state index in [1.54, 1.807) is 11.0 Å². The number of halogens is 5. The molecule has 0 spiro atoms. The van der Waals surface area contributed by atoms with E-state index in [4.69, 9.17) is 11.6 Å². The molecule has 1 amide bonds. The summed E-state index contributed by atoms with van der Waals surface area (Å²) in [5.74, 6) is -1.16. The molecule has 1 unspecified atom stereocenters. The van der Waals surface area contributed by atoms with Crippen LogP contribution in [0.25, 0.3) is 0 Å². The highest BCUT2D eigenvalue weighted by Gasteiger charge is 2.41. The number of aromatic nitrogens is 2. The van der Waals surface area contributed by atoms with Gasteiger partial charge in [0.1, 0.15) is 10.8 Å². The summed E-state index contributed by atoms with van der Waals surface area (Å²) in [6.45, 7) is 2.86. The molecule has 1 saturated heterocycles. The molecule has 0 bridgehead atoms. The lowest BCUT2D eigenvalue weighted by atomic mass is 9.92. The Bertz CT molecular complexity index is 978. The van der Waals surface area contributed by atoms with Crippen molar-refractivity contribution in [2.75, 3.05) is 24.5 Å². The van der Waals surface area contributed by atoms with Crippen molar-refractivity contribution in [1.29, 1.82) is 0 Å². The molecule has 30 heavy (non-hydrogen) atoms. The standard InChI is InChI=1S/C20H19ClF4N4O/c1-11-6-17(21)27-15-3-5-28(10-14(11)15)19(30)18(22)12-8-29(9-12)13-2-4-26-16(7-13)20(23,24)25/h2,4,6-7,12,18H,3,5,8-10H2,1H3. The highest BCUT2D eigenvalue weighted by atomic mass is 35.5. The average molecular weight is 443 g/mol. The van der Waals surface area contributed by atoms with Crippen LogP contribution in [-0.2, 0) is 23.9 Å². The molecule has 2 aromatic rings. The highest BCUT2D eigenvalue weighted by molar-refractivity contribution is 6.29. The number of hydrogen-bond acceptors (Lipinski definition) is 4. The second-order valence-electron chi connectivity index (χ2n) is 7.66. The largest absolute Gasteiger partial charge is 0.433 e. The van der Waals surface area contributed by atoms with Crippen molar-refractivity contribution in [3.8, 4) is 0 Å². The van der Waals surface area contributed by atoms with Gasteiger partial charge in [0.25, 0.3) is 5.91 Å². The molecule has 0 radical (unpaired) electrons. The zero-order valence-corrected chi connectivity index (χ0v) is 16.8. The van der Waals surface area contributed by atoms with Gasteiger partial charge in [-0.1, -0.05) is 11.6 Å². The minimum absolute atomic E-state index is 0.175. The summed E-state index contributed by atoms with van der Waals surface area (Å²) in [5.41, 5.74) is 1.95. The van der Waals surface area contributed by atoms with Crippen LogP contribution < -0.4 is 4.90 Å². The van der Waals surface area contributed by atoms with Crippen LogP contribution in [0.5, 0.6) is 0 Å². The van der Waals surface area contributed by atoms with Gasteiger partial charge >= 0.3 is 6.18 Å². The monoisotopic (exact) mass is 442 g/mol. The molecule has 1 fully saturated rings. The summed E-state index contributed by atoms with van der Waals surface area (Å²) in [6.07, 6.45) is -4.66. The van der Waals surface area contributed by atoms with Crippen molar-refractivity contribution in [1.82, 2.24) is 14.9 Å². The van der Waals surface area contributed by atoms with E-state index in [0.717, 1.165) is 29.1 Å². The Kier molecular flexibility index (Phi) is 5.34. The molecular weight excluding hydrogens is 424 g/mol. The number of carbonyl (C=O) groups is 1. The quantitative estimate of drug-likeness (QED) is 0.535. The molecular formula is C20H19ClF4N4O. The van der Waals surface area contributed by atoms with E-state index < -0.39 is 29.9 Å². The number of hydrogen-bond donors (Lipinski definition) is 0. The third-order valence-electron chi connectivity index (χ3n) is 5.64. The van der Waals surface area contributed by atoms with Crippen molar-refractivity contribution in [2.45, 2.75) is 32.2 Å². The second kappa shape index (κ2) is 7.68. The van der Waals surface area contributed by atoms with E-state index in [-0.39, 0.29) is 19.6 Å². The number of nitrogens with zero attached hydrogens (tertiary/aromatic N) is 4. The molecule has 2 aliphatic heterocycles. The van der Waals surface area contributed by atoms with E-state index in [2.05, 4.69) is 9.97 Å². The number of rotatable bonds is 3. The van der Waals surface area contributed by atoms with Crippen LogP contribution in [0.1, 0.15) is 22.5 Å². The van der Waals surface area contributed by atoms with E-state index in [1.165, 1.54) is 11.0 Å². The highest BCUT2D eigenvalue weighted by Crippen LogP contribution is 2.34. The van der Waals surface area contributed by atoms with Gasteiger partial charge in [0.15, 0.2) is 6.17 Å². The first-order valence-corrected chi connectivity index (χ1v) is 9.87. The van der Waals surface area contributed by atoms with Crippen LogP contribution in [0.3, 0.4) is 0 Å². The number of alkyl halides is 4. The van der Waals surface area contributed by atoms with Gasteiger partial charge in [-0.15, -0.1) is 0 Å². The second-order valence-corrected chi connectivity index (χ2v) is 8.05. The molecule has 10 heteroatoms. The summed E-state index contributed by atoms with van der Waals surface area (Å²) >= 11 is 5.98. The van der Waals surface area contributed by atoms with Gasteiger partial charge in [0.05, 0.1) is 0 Å². The minimum Gasteiger partial charge on any atom is -0.370 e. The van der Waals surface area contributed by atoms with E-state index in [0.29, 0.717) is 23.8 Å². The predicted octanol–water partition coefficient (Wildman–Crippen LogP) is 3.82. The molecule has 4 heterocycles. The van der Waals surface area contributed by atoms with Gasteiger partial charge in [-0.2, -0.15) is 13.2 Å². The van der Waals surface area contributed by atoms with Gasteiger partial charge in [-0.05, 0) is 36.2 Å². The van der Waals surface area contributed by atoms with Gasteiger partial charge in [-0.25, -0.2) is 9.37 Å². The maximum Gasteiger partial charge on any atom is 0.433 e. The number of anilines is 1. The van der Waals surface area contributed by atoms with Crippen LogP contribution in [-0.4, -0.2) is 46.6 Å². The summed E-state index contributed by atoms with van der Waals surface area (Å²) in [7, 11) is 0. The zero-order valence-electron chi connectivity index (χ0n) is 16.1. The average Bonchev–Trinajstić information content (AvgIpc) is 2.65. The Hall–Kier alpha value is -2.42. The van der Waals surface area contributed by atoms with Crippen molar-refractivity contribution in [3.05, 3.63) is 52.1 Å². The number of aryl methyl sites for hydroxylation is 1. The summed E-state index contributed by atoms with van der Waals surface area (Å²) in [6, 6.07) is 4.10. The lowest BCUT2D eigenvalue weighted by Gasteiger charge is -2.43. The fourth-order valence-corrected chi connectivity index (χ4v) is 4.17. The predicted molar refractivity (Wildman–Crippen MR) is 103 cm³/mol. The third-order valence-corrected chi connectivity index (χ3v) is 5.83. The lowest BCUT2D eigenvalue weighted by molar-refractivity contribution is -0.141. The van der Waals surface area contributed by atoms with Gasteiger partial charge < -0.3 is 9.80 Å². The molecule has 1 atom stereocenters. The first kappa shape index (κ1) is 20.8. The number of pyridine rings is 2. The summed E-state index contributed by atoms with van der Waals surface area (Å²) in [4.78, 5) is 23.4. The Balaban J connectivity index is 1.38. The molecule has 0 N–H and O–H groups in total. The van der Waals surface area contributed by atoms with E-state index in [1.807, 2.05) is 6.92 Å². The Morgan fingerprint density at radius 3 is 2.73 bits per heavy atom. The summed E-state index contributed by atoms with van der Waals surface area (Å²) < 4.78 is 53.3. The molecule has 4 rings (SSSR count). The van der Waals surface area contributed by atoms with Crippen LogP contribution in [0.15, 0.2) is 24.4 Å². The van der Waals surface area contributed by atoms with Gasteiger partial charge in [0.2, 0.25) is 0 Å². The van der Waals surface area contributed by atoms with Crippen LogP contribution in [0, 0.1) is 12.8 Å². The molecule has 0 aliphatic carbocycles. The van der Waals surface area contributed by atoms with Crippen LogP contribution in [0.2, 0.25) is 5.15 Å². The van der Waals surface area contributed by atoms with E-state index in [9.17, 15) is 22.4 Å². The Labute approximate surface area is 175 Å². The molecule has 2 aliphatic rings. The van der Waals surface area contributed by atoms with Gasteiger partial charge in [-0.3, -0.25) is 9.78 Å².